The summed E-state index contributed by atoms with van der Waals surface area (Å²) in [6.07, 6.45) is 6.70. The van der Waals surface area contributed by atoms with Crippen LogP contribution in [-0.4, -0.2) is 19.4 Å². The summed E-state index contributed by atoms with van der Waals surface area (Å²) in [5.41, 5.74) is 4.41. The fraction of sp³-hybridized carbons (Fsp3) is 0.500. The van der Waals surface area contributed by atoms with Crippen molar-refractivity contribution in [1.82, 2.24) is 5.43 Å². The van der Waals surface area contributed by atoms with Crippen LogP contribution in [0, 0.1) is 0 Å². The first-order valence-electron chi connectivity index (χ1n) is 6.60. The molecule has 0 amide bonds. The van der Waals surface area contributed by atoms with Gasteiger partial charge < -0.3 is 9.47 Å². The van der Waals surface area contributed by atoms with E-state index in [-0.39, 0.29) is 11.6 Å². The highest BCUT2D eigenvalue weighted by Crippen LogP contribution is 2.39. The lowest BCUT2D eigenvalue weighted by molar-refractivity contribution is 0.200. The topological polar surface area (TPSA) is 42.9 Å². The van der Waals surface area contributed by atoms with E-state index in [1.54, 1.807) is 13.3 Å². The number of hydrogen-bond donors (Lipinski definition) is 1. The molecule has 5 heteroatoms. The lowest BCUT2D eigenvalue weighted by Gasteiger charge is -2.23. The minimum absolute atomic E-state index is 0.275. The fourth-order valence-corrected chi connectivity index (χ4v) is 2.89. The van der Waals surface area contributed by atoms with Crippen LogP contribution in [0.15, 0.2) is 17.2 Å². The van der Waals surface area contributed by atoms with Crippen molar-refractivity contribution in [2.24, 2.45) is 5.10 Å². The summed E-state index contributed by atoms with van der Waals surface area (Å²) < 4.78 is 11.5. The quantitative estimate of drug-likeness (QED) is 0.683. The minimum atomic E-state index is -0.322. The van der Waals surface area contributed by atoms with Crippen LogP contribution in [0.25, 0.3) is 0 Å². The van der Waals surface area contributed by atoms with Crippen molar-refractivity contribution in [3.05, 3.63) is 23.3 Å². The summed E-state index contributed by atoms with van der Waals surface area (Å²) in [4.78, 5) is 0. The average molecular weight is 281 g/mol. The van der Waals surface area contributed by atoms with Crippen molar-refractivity contribution < 1.29 is 9.47 Å². The van der Waals surface area contributed by atoms with Crippen molar-refractivity contribution in [2.45, 2.75) is 37.3 Å². The minimum Gasteiger partial charge on any atom is -0.493 e. The van der Waals surface area contributed by atoms with E-state index in [2.05, 4.69) is 10.5 Å². The van der Waals surface area contributed by atoms with E-state index in [4.69, 9.17) is 21.1 Å². The van der Waals surface area contributed by atoms with E-state index in [0.29, 0.717) is 0 Å². The highest BCUT2D eigenvalue weighted by atomic mass is 35.5. The summed E-state index contributed by atoms with van der Waals surface area (Å²) in [7, 11) is 1.65. The Labute approximate surface area is 117 Å². The van der Waals surface area contributed by atoms with E-state index in [9.17, 15) is 0 Å². The Morgan fingerprint density at radius 2 is 2.11 bits per heavy atom. The maximum Gasteiger partial charge on any atom is 0.170 e. The van der Waals surface area contributed by atoms with Crippen LogP contribution >= 0.6 is 11.6 Å². The Bertz CT molecular complexity index is 498. The maximum atomic E-state index is 6.21. The number of ether oxygens (including phenoxy) is 2. The number of rotatable bonds is 3. The van der Waals surface area contributed by atoms with Gasteiger partial charge >= 0.3 is 0 Å². The third-order valence-electron chi connectivity index (χ3n) is 3.65. The van der Waals surface area contributed by atoms with Gasteiger partial charge in [0.05, 0.1) is 19.4 Å². The standard InChI is InChI=1S/C14H17ClN2O2/c1-18-12-7-6-10-11(8-16-17-14(10)15)13(12)19-9-4-2-3-5-9/h6-9,14,17H,2-5H2,1H3. The molecule has 2 aliphatic rings. The smallest absolute Gasteiger partial charge is 0.170 e. The Kier molecular flexibility index (Phi) is 3.51. The van der Waals surface area contributed by atoms with Gasteiger partial charge in [-0.15, -0.1) is 0 Å². The number of halogens is 1. The second-order valence-corrected chi connectivity index (χ2v) is 5.31. The van der Waals surface area contributed by atoms with E-state index in [0.717, 1.165) is 35.5 Å². The first kappa shape index (κ1) is 12.6. The lowest BCUT2D eigenvalue weighted by atomic mass is 10.1. The Balaban J connectivity index is 1.99. The molecule has 1 aliphatic heterocycles. The third kappa shape index (κ3) is 2.37. The number of alkyl halides is 1. The summed E-state index contributed by atoms with van der Waals surface area (Å²) in [6.45, 7) is 0. The monoisotopic (exact) mass is 280 g/mol. The molecule has 1 saturated carbocycles. The molecule has 0 spiro atoms. The van der Waals surface area contributed by atoms with Gasteiger partial charge in [0.15, 0.2) is 11.5 Å². The van der Waals surface area contributed by atoms with Gasteiger partial charge in [0.1, 0.15) is 5.50 Å². The van der Waals surface area contributed by atoms with Crippen molar-refractivity contribution in [3.63, 3.8) is 0 Å². The molecule has 0 aromatic heterocycles. The molecule has 1 aromatic carbocycles. The van der Waals surface area contributed by atoms with Crippen LogP contribution in [0.2, 0.25) is 0 Å². The molecule has 4 nitrogen and oxygen atoms in total. The van der Waals surface area contributed by atoms with Crippen molar-refractivity contribution in [2.75, 3.05) is 7.11 Å². The van der Waals surface area contributed by atoms with Gasteiger partial charge in [0.25, 0.3) is 0 Å². The van der Waals surface area contributed by atoms with Crippen LogP contribution in [0.1, 0.15) is 42.3 Å². The number of methoxy groups -OCH3 is 1. The molecule has 0 bridgehead atoms. The predicted octanol–water partition coefficient (Wildman–Crippen LogP) is 3.19. The molecule has 0 saturated heterocycles. The van der Waals surface area contributed by atoms with Crippen molar-refractivity contribution in [1.29, 1.82) is 0 Å². The molecule has 1 atom stereocenters. The molecule has 0 radical (unpaired) electrons. The summed E-state index contributed by atoms with van der Waals surface area (Å²) in [5.74, 6) is 1.51. The molecule has 3 rings (SSSR count). The molecule has 1 fully saturated rings. The second kappa shape index (κ2) is 5.29. The molecule has 1 aromatic rings. The van der Waals surface area contributed by atoms with Crippen LogP contribution < -0.4 is 14.9 Å². The zero-order chi connectivity index (χ0) is 13.2. The predicted molar refractivity (Wildman–Crippen MR) is 75.2 cm³/mol. The SMILES string of the molecule is COc1ccc2c(c1OC1CCCC1)C=NNC2Cl. The van der Waals surface area contributed by atoms with Crippen molar-refractivity contribution in [3.8, 4) is 11.5 Å². The summed E-state index contributed by atoms with van der Waals surface area (Å²) >= 11 is 6.21. The van der Waals surface area contributed by atoms with Gasteiger partial charge in [0.2, 0.25) is 0 Å². The fourth-order valence-electron chi connectivity index (χ4n) is 2.64. The molecule has 1 N–H and O–H groups in total. The lowest BCUT2D eigenvalue weighted by Crippen LogP contribution is -2.20. The molecule has 19 heavy (non-hydrogen) atoms. The van der Waals surface area contributed by atoms with Crippen LogP contribution in [0.4, 0.5) is 0 Å². The van der Waals surface area contributed by atoms with Crippen LogP contribution in [0.3, 0.4) is 0 Å². The largest absolute Gasteiger partial charge is 0.493 e. The van der Waals surface area contributed by atoms with Gasteiger partial charge in [-0.2, -0.15) is 5.10 Å². The first-order chi connectivity index (χ1) is 9.29. The van der Waals surface area contributed by atoms with Crippen molar-refractivity contribution >= 4 is 17.8 Å². The molecule has 102 valence electrons. The average Bonchev–Trinajstić information content (AvgIpc) is 2.93. The van der Waals surface area contributed by atoms with E-state index < -0.39 is 0 Å². The Morgan fingerprint density at radius 1 is 1.32 bits per heavy atom. The van der Waals surface area contributed by atoms with E-state index in [1.165, 1.54) is 12.8 Å². The normalized spacial score (nSPS) is 21.9. The number of hydrazone groups is 1. The van der Waals surface area contributed by atoms with Gasteiger partial charge in [-0.3, -0.25) is 5.43 Å². The second-order valence-electron chi connectivity index (χ2n) is 4.87. The maximum absolute atomic E-state index is 6.21. The third-order valence-corrected chi connectivity index (χ3v) is 3.99. The number of nitrogens with zero attached hydrogens (tertiary/aromatic N) is 1. The first-order valence-corrected chi connectivity index (χ1v) is 7.03. The van der Waals surface area contributed by atoms with E-state index in [1.807, 2.05) is 12.1 Å². The molecular weight excluding hydrogens is 264 g/mol. The number of fused-ring (bicyclic) bond motifs is 1. The molecule has 1 heterocycles. The zero-order valence-corrected chi connectivity index (χ0v) is 11.6. The van der Waals surface area contributed by atoms with E-state index >= 15 is 0 Å². The van der Waals surface area contributed by atoms with Gasteiger partial charge in [-0.25, -0.2) is 0 Å². The highest BCUT2D eigenvalue weighted by molar-refractivity contribution is 6.21. The molecule has 1 unspecified atom stereocenters. The number of benzene rings is 1. The number of nitrogens with one attached hydrogen (secondary N) is 1. The molecular formula is C14H17ClN2O2. The molecule has 1 aliphatic carbocycles. The highest BCUT2D eigenvalue weighted by Gasteiger charge is 2.25. The summed E-state index contributed by atoms with van der Waals surface area (Å²) in [6, 6.07) is 3.85. The van der Waals surface area contributed by atoms with Crippen LogP contribution in [-0.2, 0) is 0 Å². The van der Waals surface area contributed by atoms with Gasteiger partial charge in [-0.05, 0) is 31.7 Å². The number of hydrogen-bond acceptors (Lipinski definition) is 4. The zero-order valence-electron chi connectivity index (χ0n) is 10.9. The van der Waals surface area contributed by atoms with Gasteiger partial charge in [0, 0.05) is 11.1 Å². The van der Waals surface area contributed by atoms with Gasteiger partial charge in [-0.1, -0.05) is 17.7 Å². The Morgan fingerprint density at radius 3 is 2.84 bits per heavy atom. The Hall–Kier alpha value is -1.42. The van der Waals surface area contributed by atoms with Crippen LogP contribution in [0.5, 0.6) is 11.5 Å². The summed E-state index contributed by atoms with van der Waals surface area (Å²) in [5, 5.41) is 4.07.